The largest absolute Gasteiger partial charge is 0.497 e. The summed E-state index contributed by atoms with van der Waals surface area (Å²) in [6, 6.07) is 7.39. The summed E-state index contributed by atoms with van der Waals surface area (Å²) in [6.45, 7) is 4.18. The van der Waals surface area contributed by atoms with Gasteiger partial charge in [-0.25, -0.2) is 0 Å². The molecule has 1 aromatic carbocycles. The van der Waals surface area contributed by atoms with E-state index in [1.54, 1.807) is 19.2 Å². The molecule has 5 heteroatoms. The number of hydrogen-bond acceptors (Lipinski definition) is 4. The van der Waals surface area contributed by atoms with Gasteiger partial charge in [-0.1, -0.05) is 38.8 Å². The Balaban J connectivity index is 1.73. The summed E-state index contributed by atoms with van der Waals surface area (Å²) in [4.78, 5) is 23.8. The van der Waals surface area contributed by atoms with Crippen LogP contribution in [0.2, 0.25) is 0 Å². The number of nitrogens with one attached hydrogen (secondary N) is 1. The summed E-state index contributed by atoms with van der Waals surface area (Å²) >= 11 is 0. The second-order valence-electron chi connectivity index (χ2n) is 6.63. The smallest absolute Gasteiger partial charge is 0.310 e. The fraction of sp³-hybridized carbons (Fsp3) is 0.579. The number of esters is 1. The quantitative estimate of drug-likeness (QED) is 0.813. The molecule has 1 aromatic rings. The highest BCUT2D eigenvalue weighted by Crippen LogP contribution is 2.29. The molecule has 1 fully saturated rings. The van der Waals surface area contributed by atoms with Crippen molar-refractivity contribution in [1.29, 1.82) is 0 Å². The van der Waals surface area contributed by atoms with Crippen molar-refractivity contribution in [2.24, 2.45) is 11.8 Å². The van der Waals surface area contributed by atoms with Gasteiger partial charge in [-0.3, -0.25) is 9.59 Å². The lowest BCUT2D eigenvalue weighted by Gasteiger charge is -2.34. The van der Waals surface area contributed by atoms with Crippen LogP contribution in [-0.4, -0.2) is 31.6 Å². The number of carbonyl (C=O) groups excluding carboxylic acids is 2. The van der Waals surface area contributed by atoms with Crippen LogP contribution in [0.5, 0.6) is 5.75 Å². The number of carbonyl (C=O) groups is 2. The van der Waals surface area contributed by atoms with Crippen molar-refractivity contribution in [3.8, 4) is 5.75 Å². The minimum absolute atomic E-state index is 0.147. The van der Waals surface area contributed by atoms with E-state index in [9.17, 15) is 9.59 Å². The normalized spacial score (nSPS) is 23.4. The molecule has 1 aliphatic rings. The summed E-state index contributed by atoms with van der Waals surface area (Å²) in [5.41, 5.74) is 0.830. The lowest BCUT2D eigenvalue weighted by atomic mass is 9.78. The standard InChI is InChI=1S/C19H27NO4/c1-13-5-4-6-17(14(13)2)20-18(21)12-24-19(22)11-15-7-9-16(23-3)10-8-15/h7-10,13-14,17H,4-6,11-12H2,1-3H3,(H,20,21). The van der Waals surface area contributed by atoms with Crippen molar-refractivity contribution in [1.82, 2.24) is 5.32 Å². The van der Waals surface area contributed by atoms with E-state index in [1.807, 2.05) is 12.1 Å². The molecule has 0 bridgehead atoms. The first-order chi connectivity index (χ1) is 11.5. The average Bonchev–Trinajstić information content (AvgIpc) is 2.58. The van der Waals surface area contributed by atoms with E-state index < -0.39 is 5.97 Å². The third kappa shape index (κ3) is 5.25. The number of benzene rings is 1. The Bertz CT molecular complexity index is 555. The molecule has 1 aliphatic carbocycles. The van der Waals surface area contributed by atoms with Gasteiger partial charge in [0, 0.05) is 6.04 Å². The molecule has 0 aromatic heterocycles. The van der Waals surface area contributed by atoms with Crippen LogP contribution < -0.4 is 10.1 Å². The highest BCUT2D eigenvalue weighted by atomic mass is 16.5. The molecule has 5 nitrogen and oxygen atoms in total. The zero-order chi connectivity index (χ0) is 17.5. The van der Waals surface area contributed by atoms with Crippen LogP contribution in [0, 0.1) is 11.8 Å². The van der Waals surface area contributed by atoms with Gasteiger partial charge >= 0.3 is 5.97 Å². The predicted molar refractivity (Wildman–Crippen MR) is 91.8 cm³/mol. The van der Waals surface area contributed by atoms with Gasteiger partial charge in [0.1, 0.15) is 5.75 Å². The minimum Gasteiger partial charge on any atom is -0.497 e. The van der Waals surface area contributed by atoms with Crippen LogP contribution >= 0.6 is 0 Å². The Morgan fingerprint density at radius 1 is 1.17 bits per heavy atom. The average molecular weight is 333 g/mol. The van der Waals surface area contributed by atoms with Gasteiger partial charge in [-0.2, -0.15) is 0 Å². The van der Waals surface area contributed by atoms with E-state index in [-0.39, 0.29) is 25.0 Å². The van der Waals surface area contributed by atoms with Crippen molar-refractivity contribution < 1.29 is 19.1 Å². The van der Waals surface area contributed by atoms with E-state index >= 15 is 0 Å². The van der Waals surface area contributed by atoms with Crippen molar-refractivity contribution >= 4 is 11.9 Å². The maximum atomic E-state index is 12.0. The third-order valence-electron chi connectivity index (χ3n) is 4.92. The number of rotatable bonds is 6. The monoisotopic (exact) mass is 333 g/mol. The van der Waals surface area contributed by atoms with E-state index in [1.165, 1.54) is 6.42 Å². The summed E-state index contributed by atoms with van der Waals surface area (Å²) in [7, 11) is 1.59. The molecule has 1 N–H and O–H groups in total. The van der Waals surface area contributed by atoms with E-state index in [0.29, 0.717) is 11.8 Å². The summed E-state index contributed by atoms with van der Waals surface area (Å²) in [6.07, 6.45) is 3.49. The first kappa shape index (κ1) is 18.3. The zero-order valence-electron chi connectivity index (χ0n) is 14.7. The highest BCUT2D eigenvalue weighted by molar-refractivity contribution is 5.81. The third-order valence-corrected chi connectivity index (χ3v) is 4.92. The predicted octanol–water partition coefficient (Wildman–Crippen LogP) is 2.72. The zero-order valence-corrected chi connectivity index (χ0v) is 14.7. The van der Waals surface area contributed by atoms with Crippen LogP contribution in [0.15, 0.2) is 24.3 Å². The first-order valence-corrected chi connectivity index (χ1v) is 8.57. The number of hydrogen-bond donors (Lipinski definition) is 1. The molecule has 0 saturated heterocycles. The Hall–Kier alpha value is -2.04. The molecule has 0 heterocycles. The minimum atomic E-state index is -0.402. The Labute approximate surface area is 143 Å². The van der Waals surface area contributed by atoms with Crippen LogP contribution in [0.4, 0.5) is 0 Å². The summed E-state index contributed by atoms with van der Waals surface area (Å²) in [5, 5.41) is 3.00. The molecule has 132 valence electrons. The molecular formula is C19H27NO4. The maximum absolute atomic E-state index is 12.0. The van der Waals surface area contributed by atoms with Crippen molar-refractivity contribution in [3.63, 3.8) is 0 Å². The van der Waals surface area contributed by atoms with Gasteiger partial charge < -0.3 is 14.8 Å². The SMILES string of the molecule is COc1ccc(CC(=O)OCC(=O)NC2CCCC(C)C2C)cc1. The molecule has 1 amide bonds. The lowest BCUT2D eigenvalue weighted by molar-refractivity contribution is -0.148. The Kier molecular flexibility index (Phi) is 6.64. The topological polar surface area (TPSA) is 64.6 Å². The molecule has 0 radical (unpaired) electrons. The van der Waals surface area contributed by atoms with Crippen molar-refractivity contribution in [2.75, 3.05) is 13.7 Å². The Morgan fingerprint density at radius 2 is 1.88 bits per heavy atom. The van der Waals surface area contributed by atoms with Crippen LogP contribution in [0.25, 0.3) is 0 Å². The van der Waals surface area contributed by atoms with E-state index in [4.69, 9.17) is 9.47 Å². The van der Waals surface area contributed by atoms with Gasteiger partial charge in [0.15, 0.2) is 6.61 Å². The van der Waals surface area contributed by atoms with Crippen LogP contribution in [-0.2, 0) is 20.7 Å². The molecule has 0 spiro atoms. The molecule has 0 aliphatic heterocycles. The fourth-order valence-corrected chi connectivity index (χ4v) is 3.14. The van der Waals surface area contributed by atoms with E-state index in [2.05, 4.69) is 19.2 Å². The number of methoxy groups -OCH3 is 1. The lowest BCUT2D eigenvalue weighted by Crippen LogP contribution is -2.45. The number of amides is 1. The highest BCUT2D eigenvalue weighted by Gasteiger charge is 2.28. The van der Waals surface area contributed by atoms with Crippen molar-refractivity contribution in [2.45, 2.75) is 45.6 Å². The molecular weight excluding hydrogens is 306 g/mol. The molecule has 2 rings (SSSR count). The first-order valence-electron chi connectivity index (χ1n) is 8.57. The van der Waals surface area contributed by atoms with Crippen molar-refractivity contribution in [3.05, 3.63) is 29.8 Å². The summed E-state index contributed by atoms with van der Waals surface area (Å²) in [5.74, 6) is 1.19. The fourth-order valence-electron chi connectivity index (χ4n) is 3.14. The Morgan fingerprint density at radius 3 is 2.54 bits per heavy atom. The molecule has 3 unspecified atom stereocenters. The maximum Gasteiger partial charge on any atom is 0.310 e. The van der Waals surface area contributed by atoms with Crippen LogP contribution in [0.3, 0.4) is 0 Å². The summed E-state index contributed by atoms with van der Waals surface area (Å²) < 4.78 is 10.2. The molecule has 24 heavy (non-hydrogen) atoms. The molecule has 3 atom stereocenters. The van der Waals surface area contributed by atoms with Gasteiger partial charge in [-0.15, -0.1) is 0 Å². The van der Waals surface area contributed by atoms with Gasteiger partial charge in [0.25, 0.3) is 5.91 Å². The van der Waals surface area contributed by atoms with E-state index in [0.717, 1.165) is 24.2 Å². The second kappa shape index (κ2) is 8.71. The molecule has 1 saturated carbocycles. The van der Waals surface area contributed by atoms with Gasteiger partial charge in [0.05, 0.1) is 13.5 Å². The number of ether oxygens (including phenoxy) is 2. The second-order valence-corrected chi connectivity index (χ2v) is 6.63. The van der Waals surface area contributed by atoms with Gasteiger partial charge in [-0.05, 0) is 36.0 Å². The van der Waals surface area contributed by atoms with Crippen LogP contribution in [0.1, 0.15) is 38.7 Å². The van der Waals surface area contributed by atoms with Gasteiger partial charge in [0.2, 0.25) is 0 Å².